The maximum absolute atomic E-state index is 14.2. The van der Waals surface area contributed by atoms with Crippen LogP contribution >= 0.6 is 0 Å². The summed E-state index contributed by atoms with van der Waals surface area (Å²) in [5.41, 5.74) is 2.29. The van der Waals surface area contributed by atoms with E-state index in [0.29, 0.717) is 23.5 Å². The molecule has 0 saturated carbocycles. The summed E-state index contributed by atoms with van der Waals surface area (Å²) in [4.78, 5) is 0. The van der Waals surface area contributed by atoms with Crippen molar-refractivity contribution in [1.29, 1.82) is 0 Å². The van der Waals surface area contributed by atoms with Crippen molar-refractivity contribution in [3.8, 4) is 5.75 Å². The van der Waals surface area contributed by atoms with Crippen LogP contribution in [0.15, 0.2) is 72.8 Å². The van der Waals surface area contributed by atoms with E-state index >= 15 is 0 Å². The Kier molecular flexibility index (Phi) is 6.76. The van der Waals surface area contributed by atoms with Crippen molar-refractivity contribution in [2.24, 2.45) is 0 Å². The molecule has 0 saturated heterocycles. The highest BCUT2D eigenvalue weighted by molar-refractivity contribution is 5.42. The molecule has 1 atom stereocenters. The van der Waals surface area contributed by atoms with Gasteiger partial charge in [0.25, 0.3) is 0 Å². The number of halogens is 1. The monoisotopic (exact) mass is 382 g/mol. The number of rotatable bonds is 8. The molecule has 0 bridgehead atoms. The second-order valence-electron chi connectivity index (χ2n) is 6.29. The van der Waals surface area contributed by atoms with Gasteiger partial charge in [0.05, 0.1) is 0 Å². The lowest BCUT2D eigenvalue weighted by Gasteiger charge is -2.22. The minimum absolute atomic E-state index is 0.188. The van der Waals surface area contributed by atoms with Crippen LogP contribution in [-0.2, 0) is 16.1 Å². The Hall–Kier alpha value is -2.73. The number of ether oxygens (including phenoxy) is 3. The van der Waals surface area contributed by atoms with Crippen LogP contribution in [0.4, 0.5) is 4.39 Å². The summed E-state index contributed by atoms with van der Waals surface area (Å²) in [7, 11) is 3.01. The van der Waals surface area contributed by atoms with Crippen LogP contribution in [0.5, 0.6) is 5.75 Å². The Bertz CT molecular complexity index is 894. The third-order valence-electron chi connectivity index (χ3n) is 4.48. The maximum atomic E-state index is 14.2. The Morgan fingerprint density at radius 1 is 0.821 bits per heavy atom. The van der Waals surface area contributed by atoms with Crippen LogP contribution < -0.4 is 4.74 Å². The van der Waals surface area contributed by atoms with E-state index in [9.17, 15) is 9.50 Å². The van der Waals surface area contributed by atoms with E-state index in [0.717, 1.165) is 5.56 Å². The molecule has 3 aromatic rings. The number of benzene rings is 3. The van der Waals surface area contributed by atoms with Gasteiger partial charge in [-0.05, 0) is 29.3 Å². The molecule has 146 valence electrons. The van der Waals surface area contributed by atoms with Crippen LogP contribution in [0.1, 0.15) is 34.6 Å². The molecule has 3 aromatic carbocycles. The smallest absolute Gasteiger partial charge is 0.183 e. The van der Waals surface area contributed by atoms with Crippen LogP contribution in [0, 0.1) is 5.82 Å². The van der Waals surface area contributed by atoms with E-state index in [-0.39, 0.29) is 5.56 Å². The van der Waals surface area contributed by atoms with E-state index < -0.39 is 18.2 Å². The summed E-state index contributed by atoms with van der Waals surface area (Å²) in [6, 6.07) is 21.1. The van der Waals surface area contributed by atoms with Gasteiger partial charge in [-0.3, -0.25) is 0 Å². The Labute approximate surface area is 164 Å². The first kappa shape index (κ1) is 20.0. The summed E-state index contributed by atoms with van der Waals surface area (Å²) in [5.74, 6) is 0.124. The second-order valence-corrected chi connectivity index (χ2v) is 6.29. The van der Waals surface area contributed by atoms with E-state index in [1.54, 1.807) is 36.4 Å². The molecule has 0 aliphatic carbocycles. The molecule has 28 heavy (non-hydrogen) atoms. The highest BCUT2D eigenvalue weighted by Crippen LogP contribution is 2.34. The van der Waals surface area contributed by atoms with Gasteiger partial charge < -0.3 is 19.3 Å². The summed E-state index contributed by atoms with van der Waals surface area (Å²) in [6.45, 7) is 0.403. The Balaban J connectivity index is 1.92. The summed E-state index contributed by atoms with van der Waals surface area (Å²) in [6.07, 6.45) is -1.89. The molecule has 0 aliphatic rings. The van der Waals surface area contributed by atoms with Crippen molar-refractivity contribution >= 4 is 0 Å². The fraction of sp³-hybridized carbons (Fsp3) is 0.217. The number of aliphatic hydroxyl groups excluding tert-OH is 1. The predicted molar refractivity (Wildman–Crippen MR) is 104 cm³/mol. The average Bonchev–Trinajstić information content (AvgIpc) is 2.74. The van der Waals surface area contributed by atoms with Crippen molar-refractivity contribution in [3.05, 3.63) is 101 Å². The molecule has 0 radical (unpaired) electrons. The summed E-state index contributed by atoms with van der Waals surface area (Å²) < 4.78 is 30.8. The molecular formula is C23H23FO4. The van der Waals surface area contributed by atoms with Gasteiger partial charge in [0.15, 0.2) is 6.29 Å². The highest BCUT2D eigenvalue weighted by Gasteiger charge is 2.23. The maximum Gasteiger partial charge on any atom is 0.183 e. The van der Waals surface area contributed by atoms with Gasteiger partial charge in [0, 0.05) is 25.3 Å². The van der Waals surface area contributed by atoms with E-state index in [1.807, 2.05) is 30.3 Å². The molecule has 0 aliphatic heterocycles. The third kappa shape index (κ3) is 4.57. The lowest BCUT2D eigenvalue weighted by Crippen LogP contribution is -2.12. The first-order valence-electron chi connectivity index (χ1n) is 8.92. The fourth-order valence-corrected chi connectivity index (χ4v) is 3.05. The molecule has 1 unspecified atom stereocenters. The molecule has 0 heterocycles. The van der Waals surface area contributed by atoms with Gasteiger partial charge in [-0.2, -0.15) is 0 Å². The Morgan fingerprint density at radius 3 is 2.18 bits per heavy atom. The lowest BCUT2D eigenvalue weighted by molar-refractivity contribution is -0.107. The van der Waals surface area contributed by atoms with Gasteiger partial charge in [0.1, 0.15) is 24.3 Å². The fourth-order valence-electron chi connectivity index (χ4n) is 3.05. The Morgan fingerprint density at radius 2 is 1.50 bits per heavy atom. The molecule has 1 N–H and O–H groups in total. The van der Waals surface area contributed by atoms with Gasteiger partial charge in [-0.25, -0.2) is 4.39 Å². The van der Waals surface area contributed by atoms with Gasteiger partial charge in [-0.1, -0.05) is 54.6 Å². The number of aliphatic hydroxyl groups is 1. The first-order valence-corrected chi connectivity index (χ1v) is 8.92. The SMILES string of the molecule is COC(OC)c1cc(OCc2ccccc2)ccc1C(O)c1ccccc1F. The lowest BCUT2D eigenvalue weighted by atomic mass is 9.95. The van der Waals surface area contributed by atoms with Crippen LogP contribution in [-0.4, -0.2) is 19.3 Å². The van der Waals surface area contributed by atoms with E-state index in [2.05, 4.69) is 0 Å². The molecular weight excluding hydrogens is 359 g/mol. The zero-order valence-electron chi connectivity index (χ0n) is 15.8. The number of hydrogen-bond donors (Lipinski definition) is 1. The van der Waals surface area contributed by atoms with Crippen LogP contribution in [0.3, 0.4) is 0 Å². The molecule has 0 amide bonds. The second kappa shape index (κ2) is 9.46. The topological polar surface area (TPSA) is 47.9 Å². The highest BCUT2D eigenvalue weighted by atomic mass is 19.1. The van der Waals surface area contributed by atoms with Crippen molar-refractivity contribution in [2.75, 3.05) is 14.2 Å². The molecule has 0 fully saturated rings. The first-order chi connectivity index (χ1) is 13.6. The zero-order valence-corrected chi connectivity index (χ0v) is 15.8. The normalized spacial score (nSPS) is 12.2. The quantitative estimate of drug-likeness (QED) is 0.570. The van der Waals surface area contributed by atoms with Crippen molar-refractivity contribution in [2.45, 2.75) is 19.0 Å². The van der Waals surface area contributed by atoms with Crippen molar-refractivity contribution in [3.63, 3.8) is 0 Å². The number of methoxy groups -OCH3 is 2. The average molecular weight is 382 g/mol. The van der Waals surface area contributed by atoms with E-state index in [1.165, 1.54) is 20.3 Å². The summed E-state index contributed by atoms with van der Waals surface area (Å²) in [5, 5.41) is 10.8. The van der Waals surface area contributed by atoms with Gasteiger partial charge >= 0.3 is 0 Å². The van der Waals surface area contributed by atoms with Crippen molar-refractivity contribution in [1.82, 2.24) is 0 Å². The molecule has 5 heteroatoms. The largest absolute Gasteiger partial charge is 0.489 e. The van der Waals surface area contributed by atoms with Crippen LogP contribution in [0.25, 0.3) is 0 Å². The predicted octanol–water partition coefficient (Wildman–Crippen LogP) is 4.78. The van der Waals surface area contributed by atoms with Crippen molar-refractivity contribution < 1.29 is 23.7 Å². The number of hydrogen-bond acceptors (Lipinski definition) is 4. The molecule has 0 spiro atoms. The minimum atomic E-state index is -1.16. The van der Waals surface area contributed by atoms with Gasteiger partial charge in [0.2, 0.25) is 0 Å². The standard InChI is InChI=1S/C23H23FO4/c1-26-23(27-2)20-14-17(28-15-16-8-4-3-5-9-16)12-13-18(20)22(25)19-10-6-7-11-21(19)24/h3-14,22-23,25H,15H2,1-2H3. The minimum Gasteiger partial charge on any atom is -0.489 e. The molecule has 0 aromatic heterocycles. The summed E-state index contributed by atoms with van der Waals surface area (Å²) >= 11 is 0. The van der Waals surface area contributed by atoms with Crippen LogP contribution in [0.2, 0.25) is 0 Å². The molecule has 3 rings (SSSR count). The molecule has 4 nitrogen and oxygen atoms in total. The third-order valence-corrected chi connectivity index (χ3v) is 4.48. The van der Waals surface area contributed by atoms with Gasteiger partial charge in [-0.15, -0.1) is 0 Å². The van der Waals surface area contributed by atoms with E-state index in [4.69, 9.17) is 14.2 Å². The zero-order chi connectivity index (χ0) is 19.9.